The molecule has 2 heterocycles. The van der Waals surface area contributed by atoms with E-state index in [1.807, 2.05) is 18.7 Å². The zero-order valence-corrected chi connectivity index (χ0v) is 19.8. The van der Waals surface area contributed by atoms with Gasteiger partial charge in [-0.3, -0.25) is 4.90 Å². The van der Waals surface area contributed by atoms with Crippen LogP contribution in [0.1, 0.15) is 56.6 Å². The van der Waals surface area contributed by atoms with Crippen molar-refractivity contribution in [2.24, 2.45) is 0 Å². The minimum Gasteiger partial charge on any atom is -0.487 e. The zero-order valence-electron chi connectivity index (χ0n) is 19.0. The van der Waals surface area contributed by atoms with Crippen LogP contribution in [0.3, 0.4) is 0 Å². The van der Waals surface area contributed by atoms with E-state index in [1.54, 1.807) is 6.07 Å². The van der Waals surface area contributed by atoms with Crippen LogP contribution in [0.5, 0.6) is 5.75 Å². The fourth-order valence-corrected chi connectivity index (χ4v) is 5.38. The first-order chi connectivity index (χ1) is 16.0. The smallest absolute Gasteiger partial charge is 0.341 e. The summed E-state index contributed by atoms with van der Waals surface area (Å²) < 4.78 is 75.0. The monoisotopic (exact) mass is 499 g/mol. The summed E-state index contributed by atoms with van der Waals surface area (Å²) >= 11 is 0. The first kappa shape index (κ1) is 25.0. The van der Waals surface area contributed by atoms with Crippen LogP contribution >= 0.6 is 0 Å². The van der Waals surface area contributed by atoms with Gasteiger partial charge in [0, 0.05) is 37.9 Å². The molecule has 1 spiro atoms. The van der Waals surface area contributed by atoms with Crippen LogP contribution in [0, 0.1) is 5.82 Å². The predicted octanol–water partition coefficient (Wildman–Crippen LogP) is 4.60. The molecular formula is C24H28F3NO5S. The van der Waals surface area contributed by atoms with Gasteiger partial charge < -0.3 is 14.6 Å². The van der Waals surface area contributed by atoms with E-state index in [2.05, 4.69) is 0 Å². The van der Waals surface area contributed by atoms with E-state index in [9.17, 15) is 26.7 Å². The number of alkyl halides is 2. The summed E-state index contributed by atoms with van der Waals surface area (Å²) in [6.45, 7) is 4.84. The molecule has 2 aromatic carbocycles. The van der Waals surface area contributed by atoms with Crippen molar-refractivity contribution in [1.82, 2.24) is 4.90 Å². The highest BCUT2D eigenvalue weighted by Gasteiger charge is 2.45. The number of nitrogens with zero attached hydrogens (tertiary/aromatic N) is 1. The van der Waals surface area contributed by atoms with E-state index in [-0.39, 0.29) is 18.0 Å². The van der Waals surface area contributed by atoms with E-state index < -0.39 is 32.3 Å². The molecule has 0 aliphatic carbocycles. The van der Waals surface area contributed by atoms with Gasteiger partial charge in [0.2, 0.25) is 9.84 Å². The number of likely N-dealkylation sites (tertiary alicyclic amines) is 1. The van der Waals surface area contributed by atoms with Crippen LogP contribution in [0.15, 0.2) is 47.4 Å². The number of fused-ring (bicyclic) bond motifs is 1. The van der Waals surface area contributed by atoms with Crippen molar-refractivity contribution in [3.63, 3.8) is 0 Å². The minimum absolute atomic E-state index is 0.0463. The SMILES string of the molecule is CC(C)O[C@@H]1CC2(CCN(C(O)c3ccc(S(=O)(=O)C(F)F)cc3)CC2)Oc2ccc(F)cc21. The molecule has 6 nitrogen and oxygen atoms in total. The number of halogens is 3. The second-order valence-electron chi connectivity index (χ2n) is 9.13. The topological polar surface area (TPSA) is 76.1 Å². The molecule has 0 radical (unpaired) electrons. The number of benzene rings is 2. The number of hydrogen-bond donors (Lipinski definition) is 1. The summed E-state index contributed by atoms with van der Waals surface area (Å²) in [5.41, 5.74) is 0.590. The molecule has 2 atom stereocenters. The van der Waals surface area contributed by atoms with E-state index >= 15 is 0 Å². The Morgan fingerprint density at radius 2 is 1.76 bits per heavy atom. The lowest BCUT2D eigenvalue weighted by Gasteiger charge is -2.47. The van der Waals surface area contributed by atoms with E-state index in [4.69, 9.17) is 9.47 Å². The van der Waals surface area contributed by atoms with E-state index in [0.29, 0.717) is 49.2 Å². The summed E-state index contributed by atoms with van der Waals surface area (Å²) in [5, 5.41) is 10.8. The molecule has 1 N–H and O–H groups in total. The third-order valence-corrected chi connectivity index (χ3v) is 7.83. The van der Waals surface area contributed by atoms with Crippen molar-refractivity contribution in [2.45, 2.75) is 67.8 Å². The average Bonchev–Trinajstić information content (AvgIpc) is 2.79. The van der Waals surface area contributed by atoms with Crippen LogP contribution < -0.4 is 4.74 Å². The molecule has 0 bridgehead atoms. The van der Waals surface area contributed by atoms with Gasteiger partial charge in [0.05, 0.1) is 17.1 Å². The first-order valence-corrected chi connectivity index (χ1v) is 12.7. The molecule has 0 saturated carbocycles. The van der Waals surface area contributed by atoms with Crippen LogP contribution in [-0.4, -0.2) is 49.0 Å². The molecule has 10 heteroatoms. The lowest BCUT2D eigenvalue weighted by atomic mass is 9.81. The molecule has 0 amide bonds. The van der Waals surface area contributed by atoms with Gasteiger partial charge in [-0.05, 0) is 49.7 Å². The van der Waals surface area contributed by atoms with Gasteiger partial charge in [-0.25, -0.2) is 12.8 Å². The maximum atomic E-state index is 13.9. The minimum atomic E-state index is -4.68. The number of ether oxygens (including phenoxy) is 2. The highest BCUT2D eigenvalue weighted by atomic mass is 32.2. The number of aliphatic hydroxyl groups excluding tert-OH is 1. The predicted molar refractivity (Wildman–Crippen MR) is 119 cm³/mol. The van der Waals surface area contributed by atoms with E-state index in [1.165, 1.54) is 24.3 Å². The van der Waals surface area contributed by atoms with Crippen molar-refractivity contribution < 1.29 is 36.2 Å². The number of piperidine rings is 1. The third-order valence-electron chi connectivity index (χ3n) is 6.44. The van der Waals surface area contributed by atoms with Gasteiger partial charge in [-0.1, -0.05) is 12.1 Å². The molecule has 2 aliphatic heterocycles. The van der Waals surface area contributed by atoms with Crippen molar-refractivity contribution in [3.8, 4) is 5.75 Å². The van der Waals surface area contributed by atoms with Crippen molar-refractivity contribution in [2.75, 3.05) is 13.1 Å². The summed E-state index contributed by atoms with van der Waals surface area (Å²) in [5.74, 6) is -3.24. The normalized spacial score (nSPS) is 21.5. The quantitative estimate of drug-likeness (QED) is 0.626. The second-order valence-corrected chi connectivity index (χ2v) is 11.0. The largest absolute Gasteiger partial charge is 0.487 e. The van der Waals surface area contributed by atoms with Crippen LogP contribution in [-0.2, 0) is 14.6 Å². The molecule has 2 aromatic rings. The number of rotatable bonds is 6. The summed E-state index contributed by atoms with van der Waals surface area (Å²) in [4.78, 5) is 1.34. The third kappa shape index (κ3) is 4.95. The van der Waals surface area contributed by atoms with Crippen LogP contribution in [0.25, 0.3) is 0 Å². The summed E-state index contributed by atoms with van der Waals surface area (Å²) in [6, 6.07) is 9.29. The summed E-state index contributed by atoms with van der Waals surface area (Å²) in [6.07, 6.45) is 0.377. The number of aliphatic hydroxyl groups is 1. The van der Waals surface area contributed by atoms with Crippen molar-refractivity contribution in [1.29, 1.82) is 0 Å². The molecule has 1 unspecified atom stereocenters. The Morgan fingerprint density at radius 3 is 2.35 bits per heavy atom. The molecule has 1 fully saturated rings. The zero-order chi connectivity index (χ0) is 24.7. The summed E-state index contributed by atoms with van der Waals surface area (Å²) in [7, 11) is -4.68. The standard InChI is InChI=1S/C24H28F3NO5S/c1-15(2)32-21-14-24(33-20-8-5-17(25)13-19(20)21)9-11-28(12-10-24)22(29)16-3-6-18(7-4-16)34(30,31)23(26)27/h3-8,13,15,21-23,29H,9-12,14H2,1-2H3/t21-,22?/m1/s1. The Kier molecular flexibility index (Phi) is 6.97. The lowest BCUT2D eigenvalue weighted by Crippen LogP contribution is -2.51. The number of sulfone groups is 1. The van der Waals surface area contributed by atoms with Gasteiger partial charge in [0.25, 0.3) is 0 Å². The van der Waals surface area contributed by atoms with E-state index in [0.717, 1.165) is 12.1 Å². The highest BCUT2D eigenvalue weighted by Crippen LogP contribution is 2.47. The fourth-order valence-electron chi connectivity index (χ4n) is 4.66. The van der Waals surface area contributed by atoms with Gasteiger partial charge in [-0.15, -0.1) is 0 Å². The molecule has 0 aromatic heterocycles. The van der Waals surface area contributed by atoms with Crippen LogP contribution in [0.2, 0.25) is 0 Å². The van der Waals surface area contributed by atoms with Gasteiger partial charge in [0.1, 0.15) is 23.4 Å². The molecule has 2 aliphatic rings. The van der Waals surface area contributed by atoms with Crippen molar-refractivity contribution in [3.05, 3.63) is 59.4 Å². The van der Waals surface area contributed by atoms with Gasteiger partial charge in [-0.2, -0.15) is 8.78 Å². The maximum absolute atomic E-state index is 13.9. The molecule has 4 rings (SSSR count). The molecule has 1 saturated heterocycles. The highest BCUT2D eigenvalue weighted by molar-refractivity contribution is 7.91. The maximum Gasteiger partial charge on any atom is 0.341 e. The average molecular weight is 500 g/mol. The molecule has 34 heavy (non-hydrogen) atoms. The second kappa shape index (κ2) is 9.49. The first-order valence-electron chi connectivity index (χ1n) is 11.2. The van der Waals surface area contributed by atoms with Gasteiger partial charge >= 0.3 is 5.76 Å². The Bertz CT molecular complexity index is 1120. The van der Waals surface area contributed by atoms with Crippen LogP contribution in [0.4, 0.5) is 13.2 Å². The fraction of sp³-hybridized carbons (Fsp3) is 0.500. The van der Waals surface area contributed by atoms with Crippen molar-refractivity contribution >= 4 is 9.84 Å². The molecular weight excluding hydrogens is 471 g/mol. The Balaban J connectivity index is 1.46. The Morgan fingerprint density at radius 1 is 1.12 bits per heavy atom. The lowest BCUT2D eigenvalue weighted by molar-refractivity contribution is -0.109. The van der Waals surface area contributed by atoms with Gasteiger partial charge in [0.15, 0.2) is 0 Å². The Hall–Kier alpha value is -2.14. The number of hydrogen-bond acceptors (Lipinski definition) is 6. The molecule has 186 valence electrons. The Labute approximate surface area is 197 Å².